The van der Waals surface area contributed by atoms with E-state index in [1.54, 1.807) is 13.8 Å². The zero-order valence-electron chi connectivity index (χ0n) is 17.8. The number of aromatic nitrogens is 2. The van der Waals surface area contributed by atoms with Crippen LogP contribution in [0.5, 0.6) is 5.75 Å². The van der Waals surface area contributed by atoms with E-state index in [0.29, 0.717) is 18.2 Å². The van der Waals surface area contributed by atoms with Crippen LogP contribution in [-0.4, -0.2) is 27.8 Å². The summed E-state index contributed by atoms with van der Waals surface area (Å²) in [4.78, 5) is 11.8. The van der Waals surface area contributed by atoms with Crippen LogP contribution in [0.4, 0.5) is 0 Å². The Labute approximate surface area is 182 Å². The van der Waals surface area contributed by atoms with E-state index < -0.39 is 5.60 Å². The Hall–Kier alpha value is -2.63. The van der Waals surface area contributed by atoms with Gasteiger partial charge in [0, 0.05) is 10.6 Å². The van der Waals surface area contributed by atoms with Gasteiger partial charge in [-0.05, 0) is 57.5 Å². The lowest BCUT2D eigenvalue weighted by Gasteiger charge is -2.21. The number of halogens is 1. The Morgan fingerprint density at radius 1 is 1.13 bits per heavy atom. The first kappa shape index (κ1) is 22.1. The molecular weight excluding hydrogens is 400 g/mol. The van der Waals surface area contributed by atoms with Gasteiger partial charge in [0.15, 0.2) is 5.78 Å². The molecule has 158 valence electrons. The molecule has 0 aliphatic rings. The maximum atomic E-state index is 11.8. The molecule has 0 saturated carbocycles. The Morgan fingerprint density at radius 2 is 1.90 bits per heavy atom. The first-order valence-electron chi connectivity index (χ1n) is 9.98. The summed E-state index contributed by atoms with van der Waals surface area (Å²) in [5.74, 6) is 0.777. The van der Waals surface area contributed by atoms with Gasteiger partial charge in [-0.15, -0.1) is 0 Å². The summed E-state index contributed by atoms with van der Waals surface area (Å²) in [5, 5.41) is 5.43. The fourth-order valence-corrected chi connectivity index (χ4v) is 3.14. The molecule has 1 aromatic heterocycles. The van der Waals surface area contributed by atoms with Gasteiger partial charge in [0.2, 0.25) is 0 Å². The quantitative estimate of drug-likeness (QED) is 0.451. The highest BCUT2D eigenvalue weighted by molar-refractivity contribution is 6.31. The van der Waals surface area contributed by atoms with Crippen molar-refractivity contribution in [3.05, 3.63) is 70.9 Å². The second-order valence-electron chi connectivity index (χ2n) is 7.59. The standard InChI is InChI=1S/C24H27ClN2O3/c1-5-29-21-11-8-10-18(13-21)23-14-20(16-30-24(3,4)17(2)28)26-27(23)15-19-9-6-7-12-22(19)25/h6-14H,5,15-16H2,1-4H3. The number of Topliss-reactive ketones (excluding diaryl/α,β-unsaturated/α-hetero) is 1. The number of carbonyl (C=O) groups is 1. The van der Waals surface area contributed by atoms with E-state index in [4.69, 9.17) is 26.2 Å². The molecule has 1 heterocycles. The van der Waals surface area contributed by atoms with E-state index >= 15 is 0 Å². The van der Waals surface area contributed by atoms with Crippen molar-refractivity contribution in [2.75, 3.05) is 6.61 Å². The van der Waals surface area contributed by atoms with Crippen LogP contribution in [0, 0.1) is 0 Å². The average Bonchev–Trinajstić information content (AvgIpc) is 3.11. The summed E-state index contributed by atoms with van der Waals surface area (Å²) in [5.41, 5.74) is 2.77. The van der Waals surface area contributed by atoms with Gasteiger partial charge < -0.3 is 9.47 Å². The van der Waals surface area contributed by atoms with Gasteiger partial charge in [-0.25, -0.2) is 0 Å². The molecule has 0 aliphatic carbocycles. The number of hydrogen-bond acceptors (Lipinski definition) is 4. The van der Waals surface area contributed by atoms with Gasteiger partial charge in [0.25, 0.3) is 0 Å². The summed E-state index contributed by atoms with van der Waals surface area (Å²) in [6.45, 7) is 8.37. The summed E-state index contributed by atoms with van der Waals surface area (Å²) in [7, 11) is 0. The largest absolute Gasteiger partial charge is 0.494 e. The van der Waals surface area contributed by atoms with Gasteiger partial charge in [0.1, 0.15) is 11.4 Å². The summed E-state index contributed by atoms with van der Waals surface area (Å²) in [6, 6.07) is 17.6. The van der Waals surface area contributed by atoms with E-state index in [0.717, 1.165) is 28.3 Å². The summed E-state index contributed by atoms with van der Waals surface area (Å²) in [6.07, 6.45) is 0. The van der Waals surface area contributed by atoms with Crippen LogP contribution < -0.4 is 4.74 Å². The monoisotopic (exact) mass is 426 g/mol. The third-order valence-electron chi connectivity index (χ3n) is 4.98. The van der Waals surface area contributed by atoms with Crippen molar-refractivity contribution in [2.45, 2.75) is 46.4 Å². The molecule has 3 aromatic rings. The maximum Gasteiger partial charge on any atom is 0.161 e. The third-order valence-corrected chi connectivity index (χ3v) is 5.35. The molecule has 2 aromatic carbocycles. The Balaban J connectivity index is 1.96. The molecule has 0 unspecified atom stereocenters. The van der Waals surface area contributed by atoms with Crippen molar-refractivity contribution in [3.8, 4) is 17.0 Å². The van der Waals surface area contributed by atoms with Crippen molar-refractivity contribution in [1.82, 2.24) is 9.78 Å². The third kappa shape index (κ3) is 5.29. The number of ether oxygens (including phenoxy) is 2. The zero-order valence-corrected chi connectivity index (χ0v) is 18.6. The molecule has 0 radical (unpaired) electrons. The molecule has 6 heteroatoms. The maximum absolute atomic E-state index is 11.8. The minimum absolute atomic E-state index is 0.0253. The highest BCUT2D eigenvalue weighted by atomic mass is 35.5. The van der Waals surface area contributed by atoms with Gasteiger partial charge in [-0.2, -0.15) is 5.10 Å². The molecule has 0 fully saturated rings. The van der Waals surface area contributed by atoms with Crippen molar-refractivity contribution < 1.29 is 14.3 Å². The van der Waals surface area contributed by atoms with Gasteiger partial charge >= 0.3 is 0 Å². The minimum atomic E-state index is -0.860. The van der Waals surface area contributed by atoms with Crippen molar-refractivity contribution in [3.63, 3.8) is 0 Å². The molecule has 0 spiro atoms. The fraction of sp³-hybridized carbons (Fsp3) is 0.333. The van der Waals surface area contributed by atoms with Crippen LogP contribution in [0.3, 0.4) is 0 Å². The minimum Gasteiger partial charge on any atom is -0.494 e. The second-order valence-corrected chi connectivity index (χ2v) is 7.99. The molecule has 0 aliphatic heterocycles. The molecule has 30 heavy (non-hydrogen) atoms. The molecule has 0 saturated heterocycles. The lowest BCUT2D eigenvalue weighted by atomic mass is 10.1. The second kappa shape index (κ2) is 9.45. The number of ketones is 1. The predicted molar refractivity (Wildman–Crippen MR) is 119 cm³/mol. The molecule has 3 rings (SSSR count). The predicted octanol–water partition coefficient (Wildman–Crippen LogP) is 5.53. The normalized spacial score (nSPS) is 11.5. The van der Waals surface area contributed by atoms with E-state index in [1.165, 1.54) is 6.92 Å². The average molecular weight is 427 g/mol. The highest BCUT2D eigenvalue weighted by Crippen LogP contribution is 2.27. The molecule has 0 amide bonds. The first-order chi connectivity index (χ1) is 14.3. The van der Waals surface area contributed by atoms with Crippen LogP contribution in [0.25, 0.3) is 11.3 Å². The van der Waals surface area contributed by atoms with Gasteiger partial charge in [-0.1, -0.05) is 41.9 Å². The molecule has 0 N–H and O–H groups in total. The lowest BCUT2D eigenvalue weighted by molar-refractivity contribution is -0.139. The summed E-state index contributed by atoms with van der Waals surface area (Å²) < 4.78 is 13.4. The van der Waals surface area contributed by atoms with E-state index in [9.17, 15) is 4.79 Å². The van der Waals surface area contributed by atoms with Crippen LogP contribution in [0.15, 0.2) is 54.6 Å². The smallest absolute Gasteiger partial charge is 0.161 e. The van der Waals surface area contributed by atoms with Crippen molar-refractivity contribution in [2.24, 2.45) is 0 Å². The lowest BCUT2D eigenvalue weighted by Crippen LogP contribution is -2.32. The number of rotatable bonds is 9. The molecule has 0 bridgehead atoms. The van der Waals surface area contributed by atoms with Crippen molar-refractivity contribution in [1.29, 1.82) is 0 Å². The fourth-order valence-electron chi connectivity index (χ4n) is 2.95. The van der Waals surface area contributed by atoms with E-state index in [2.05, 4.69) is 0 Å². The van der Waals surface area contributed by atoms with E-state index in [1.807, 2.05) is 66.2 Å². The molecule has 5 nitrogen and oxygen atoms in total. The van der Waals surface area contributed by atoms with Crippen LogP contribution in [-0.2, 0) is 22.7 Å². The SMILES string of the molecule is CCOc1cccc(-c2cc(COC(C)(C)C(C)=O)nn2Cc2ccccc2Cl)c1. The van der Waals surface area contributed by atoms with Crippen LogP contribution >= 0.6 is 11.6 Å². The molecular formula is C24H27ClN2O3. The summed E-state index contributed by atoms with van der Waals surface area (Å²) >= 11 is 6.38. The van der Waals surface area contributed by atoms with E-state index in [-0.39, 0.29) is 12.4 Å². The Kier molecular flexibility index (Phi) is 6.95. The molecule has 0 atom stereocenters. The van der Waals surface area contributed by atoms with Crippen molar-refractivity contribution >= 4 is 17.4 Å². The van der Waals surface area contributed by atoms with Crippen LogP contribution in [0.2, 0.25) is 5.02 Å². The van der Waals surface area contributed by atoms with Gasteiger partial charge in [-0.3, -0.25) is 9.48 Å². The number of hydrogen-bond donors (Lipinski definition) is 0. The number of carbonyl (C=O) groups excluding carboxylic acids is 1. The zero-order chi connectivity index (χ0) is 21.7. The number of benzene rings is 2. The highest BCUT2D eigenvalue weighted by Gasteiger charge is 2.25. The Morgan fingerprint density at radius 3 is 2.60 bits per heavy atom. The van der Waals surface area contributed by atoms with Gasteiger partial charge in [0.05, 0.1) is 31.1 Å². The Bertz CT molecular complexity index is 1030. The topological polar surface area (TPSA) is 53.4 Å². The number of nitrogens with zero attached hydrogens (tertiary/aromatic N) is 2. The van der Waals surface area contributed by atoms with Crippen LogP contribution in [0.1, 0.15) is 39.0 Å². The first-order valence-corrected chi connectivity index (χ1v) is 10.4.